The number of sulfonamides is 1. The first-order valence-electron chi connectivity index (χ1n) is 7.84. The largest absolute Gasteiger partial charge is 0.350 e. The first-order chi connectivity index (χ1) is 11.6. The standard InChI is InChI=1S/C18H23N3O3S/c1-13-6-4-5-7-16(13)21-25(23,24)15-10-8-14(9-11-15)17(22)20-12-18(2,3)19/h4-11,21H,12,19H2,1-3H3,(H,20,22). The van der Waals surface area contributed by atoms with E-state index in [-0.39, 0.29) is 10.8 Å². The van der Waals surface area contributed by atoms with Crippen molar-refractivity contribution in [1.82, 2.24) is 5.32 Å². The van der Waals surface area contributed by atoms with Crippen LogP contribution in [0.25, 0.3) is 0 Å². The molecule has 0 aliphatic carbocycles. The van der Waals surface area contributed by atoms with Gasteiger partial charge in [-0.05, 0) is 56.7 Å². The van der Waals surface area contributed by atoms with Crippen LogP contribution in [0.4, 0.5) is 5.69 Å². The van der Waals surface area contributed by atoms with Gasteiger partial charge in [-0.1, -0.05) is 18.2 Å². The van der Waals surface area contributed by atoms with Gasteiger partial charge < -0.3 is 11.1 Å². The number of rotatable bonds is 6. The summed E-state index contributed by atoms with van der Waals surface area (Å²) in [7, 11) is -3.72. The number of anilines is 1. The quantitative estimate of drug-likeness (QED) is 0.734. The van der Waals surface area contributed by atoms with E-state index in [2.05, 4.69) is 10.0 Å². The molecule has 0 saturated heterocycles. The van der Waals surface area contributed by atoms with E-state index in [1.54, 1.807) is 26.0 Å². The number of carbonyl (C=O) groups excluding carboxylic acids is 1. The van der Waals surface area contributed by atoms with Crippen LogP contribution in [0, 0.1) is 6.92 Å². The molecule has 0 radical (unpaired) electrons. The summed E-state index contributed by atoms with van der Waals surface area (Å²) in [6.45, 7) is 5.76. The second kappa shape index (κ2) is 7.25. The van der Waals surface area contributed by atoms with Crippen molar-refractivity contribution in [3.05, 3.63) is 59.7 Å². The first-order valence-corrected chi connectivity index (χ1v) is 9.32. The lowest BCUT2D eigenvalue weighted by atomic mass is 10.1. The number of hydrogen-bond acceptors (Lipinski definition) is 4. The highest BCUT2D eigenvalue weighted by molar-refractivity contribution is 7.92. The maximum Gasteiger partial charge on any atom is 0.261 e. The van der Waals surface area contributed by atoms with E-state index in [1.165, 1.54) is 24.3 Å². The summed E-state index contributed by atoms with van der Waals surface area (Å²) in [5.74, 6) is -0.297. The van der Waals surface area contributed by atoms with Crippen LogP contribution in [-0.2, 0) is 10.0 Å². The Kier molecular flexibility index (Phi) is 5.49. The Hall–Kier alpha value is -2.38. The fourth-order valence-corrected chi connectivity index (χ4v) is 3.22. The molecule has 2 rings (SSSR count). The Labute approximate surface area is 148 Å². The zero-order valence-corrected chi connectivity index (χ0v) is 15.4. The molecule has 134 valence electrons. The van der Waals surface area contributed by atoms with Crippen LogP contribution >= 0.6 is 0 Å². The number of amides is 1. The van der Waals surface area contributed by atoms with Gasteiger partial charge in [0.15, 0.2) is 0 Å². The molecule has 1 amide bonds. The van der Waals surface area contributed by atoms with Gasteiger partial charge in [0.05, 0.1) is 10.6 Å². The van der Waals surface area contributed by atoms with Crippen molar-refractivity contribution in [3.63, 3.8) is 0 Å². The minimum Gasteiger partial charge on any atom is -0.350 e. The molecule has 25 heavy (non-hydrogen) atoms. The van der Waals surface area contributed by atoms with E-state index in [4.69, 9.17) is 5.73 Å². The highest BCUT2D eigenvalue weighted by Gasteiger charge is 2.17. The van der Waals surface area contributed by atoms with E-state index in [0.717, 1.165) is 5.56 Å². The SMILES string of the molecule is Cc1ccccc1NS(=O)(=O)c1ccc(C(=O)NCC(C)(C)N)cc1. The maximum absolute atomic E-state index is 12.5. The molecule has 0 heterocycles. The number of para-hydroxylation sites is 1. The number of carbonyl (C=O) groups is 1. The summed E-state index contributed by atoms with van der Waals surface area (Å²) in [4.78, 5) is 12.1. The minimum absolute atomic E-state index is 0.0893. The van der Waals surface area contributed by atoms with Crippen LogP contribution < -0.4 is 15.8 Å². The van der Waals surface area contributed by atoms with Gasteiger partial charge in [0.2, 0.25) is 0 Å². The Morgan fingerprint density at radius 2 is 1.68 bits per heavy atom. The molecular formula is C18H23N3O3S. The molecule has 0 atom stereocenters. The van der Waals surface area contributed by atoms with E-state index in [9.17, 15) is 13.2 Å². The van der Waals surface area contributed by atoms with Gasteiger partial charge in [-0.15, -0.1) is 0 Å². The van der Waals surface area contributed by atoms with Crippen molar-refractivity contribution in [1.29, 1.82) is 0 Å². The lowest BCUT2D eigenvalue weighted by Crippen LogP contribution is -2.45. The number of nitrogens with two attached hydrogens (primary N) is 1. The molecule has 0 aliphatic heterocycles. The summed E-state index contributed by atoms with van der Waals surface area (Å²) in [6.07, 6.45) is 0. The van der Waals surface area contributed by atoms with Crippen LogP contribution in [0.15, 0.2) is 53.4 Å². The van der Waals surface area contributed by atoms with E-state index >= 15 is 0 Å². The Morgan fingerprint density at radius 1 is 1.08 bits per heavy atom. The van der Waals surface area contributed by atoms with Crippen molar-refractivity contribution in [2.45, 2.75) is 31.2 Å². The number of aryl methyl sites for hydroxylation is 1. The van der Waals surface area contributed by atoms with Gasteiger partial charge in [0.1, 0.15) is 0 Å². The van der Waals surface area contributed by atoms with Crippen molar-refractivity contribution in [2.75, 3.05) is 11.3 Å². The van der Waals surface area contributed by atoms with Crippen molar-refractivity contribution >= 4 is 21.6 Å². The molecule has 0 spiro atoms. The molecule has 0 bridgehead atoms. The number of benzene rings is 2. The van der Waals surface area contributed by atoms with Crippen LogP contribution in [0.3, 0.4) is 0 Å². The van der Waals surface area contributed by atoms with Gasteiger partial charge in [-0.2, -0.15) is 0 Å². The Morgan fingerprint density at radius 3 is 2.24 bits per heavy atom. The third-order valence-corrected chi connectivity index (χ3v) is 4.90. The monoisotopic (exact) mass is 361 g/mol. The Bertz CT molecular complexity index is 854. The molecule has 7 heteroatoms. The normalized spacial score (nSPS) is 11.8. The highest BCUT2D eigenvalue weighted by atomic mass is 32.2. The van der Waals surface area contributed by atoms with Gasteiger partial charge in [-0.25, -0.2) is 8.42 Å². The number of hydrogen-bond donors (Lipinski definition) is 3. The molecule has 0 aliphatic rings. The number of nitrogens with one attached hydrogen (secondary N) is 2. The van der Waals surface area contributed by atoms with Gasteiger partial charge in [0, 0.05) is 17.6 Å². The molecule has 2 aromatic rings. The lowest BCUT2D eigenvalue weighted by molar-refractivity contribution is 0.0946. The van der Waals surface area contributed by atoms with Crippen LogP contribution in [0.5, 0.6) is 0 Å². The second-order valence-electron chi connectivity index (χ2n) is 6.62. The zero-order valence-electron chi connectivity index (χ0n) is 14.5. The second-order valence-corrected chi connectivity index (χ2v) is 8.30. The predicted molar refractivity (Wildman–Crippen MR) is 99.0 cm³/mol. The molecule has 4 N–H and O–H groups in total. The van der Waals surface area contributed by atoms with Crippen molar-refractivity contribution in [3.8, 4) is 0 Å². The first kappa shape index (κ1) is 19.0. The van der Waals surface area contributed by atoms with Crippen LogP contribution in [0.1, 0.15) is 29.8 Å². The van der Waals surface area contributed by atoms with Gasteiger partial charge in [-0.3, -0.25) is 9.52 Å². The zero-order chi connectivity index (χ0) is 18.7. The third kappa shape index (κ3) is 5.30. The minimum atomic E-state index is -3.72. The highest BCUT2D eigenvalue weighted by Crippen LogP contribution is 2.19. The fraction of sp³-hybridized carbons (Fsp3) is 0.278. The summed E-state index contributed by atoms with van der Waals surface area (Å²) in [6, 6.07) is 12.9. The topological polar surface area (TPSA) is 101 Å². The average Bonchev–Trinajstić information content (AvgIpc) is 2.54. The summed E-state index contributed by atoms with van der Waals surface area (Å²) >= 11 is 0. The predicted octanol–water partition coefficient (Wildman–Crippen LogP) is 2.26. The molecule has 0 fully saturated rings. The molecule has 2 aromatic carbocycles. The molecule has 0 aromatic heterocycles. The smallest absolute Gasteiger partial charge is 0.261 e. The van der Waals surface area contributed by atoms with E-state index in [1.807, 2.05) is 19.1 Å². The summed E-state index contributed by atoms with van der Waals surface area (Å²) in [5.41, 5.74) is 7.03. The van der Waals surface area contributed by atoms with Crippen molar-refractivity contribution in [2.24, 2.45) is 5.73 Å². The van der Waals surface area contributed by atoms with E-state index < -0.39 is 15.6 Å². The molecule has 6 nitrogen and oxygen atoms in total. The fourth-order valence-electron chi connectivity index (χ4n) is 2.09. The maximum atomic E-state index is 12.5. The van der Waals surface area contributed by atoms with Crippen LogP contribution in [0.2, 0.25) is 0 Å². The summed E-state index contributed by atoms with van der Waals surface area (Å²) in [5, 5.41) is 2.72. The third-order valence-electron chi connectivity index (χ3n) is 3.52. The molecule has 0 saturated carbocycles. The molecule has 0 unspecified atom stereocenters. The lowest BCUT2D eigenvalue weighted by Gasteiger charge is -2.18. The Balaban J connectivity index is 2.13. The van der Waals surface area contributed by atoms with Gasteiger partial charge in [0.25, 0.3) is 15.9 Å². The molecular weight excluding hydrogens is 338 g/mol. The van der Waals surface area contributed by atoms with Crippen LogP contribution in [-0.4, -0.2) is 26.4 Å². The van der Waals surface area contributed by atoms with Crippen molar-refractivity contribution < 1.29 is 13.2 Å². The summed E-state index contributed by atoms with van der Waals surface area (Å²) < 4.78 is 27.5. The van der Waals surface area contributed by atoms with E-state index in [0.29, 0.717) is 17.8 Å². The average molecular weight is 361 g/mol. The van der Waals surface area contributed by atoms with Gasteiger partial charge >= 0.3 is 0 Å².